The van der Waals surface area contributed by atoms with Crippen molar-refractivity contribution in [3.63, 3.8) is 0 Å². The molecule has 4 rings (SSSR count). The third-order valence-electron chi connectivity index (χ3n) is 4.71. The second kappa shape index (κ2) is 7.27. The van der Waals surface area contributed by atoms with Crippen LogP contribution in [0.15, 0.2) is 89.9 Å². The Kier molecular flexibility index (Phi) is 4.51. The molecule has 0 N–H and O–H groups in total. The molecule has 0 saturated heterocycles. The van der Waals surface area contributed by atoms with Crippen molar-refractivity contribution in [3.05, 3.63) is 112 Å². The Morgan fingerprint density at radius 1 is 0.926 bits per heavy atom. The Morgan fingerprint density at radius 3 is 2.48 bits per heavy atom. The van der Waals surface area contributed by atoms with Crippen molar-refractivity contribution >= 4 is 10.8 Å². The van der Waals surface area contributed by atoms with Gasteiger partial charge in [-0.15, -0.1) is 0 Å². The highest BCUT2D eigenvalue weighted by Gasteiger charge is 2.18. The van der Waals surface area contributed by atoms with E-state index in [-0.39, 0.29) is 5.56 Å². The molecule has 0 radical (unpaired) electrons. The number of nitriles is 1. The van der Waals surface area contributed by atoms with E-state index in [0.29, 0.717) is 12.1 Å². The normalized spacial score (nSPS) is 11.8. The Morgan fingerprint density at radius 2 is 1.67 bits per heavy atom. The number of nitrogens with zero attached hydrogens (tertiary/aromatic N) is 3. The first-order valence-electron chi connectivity index (χ1n) is 8.75. The van der Waals surface area contributed by atoms with Gasteiger partial charge in [0.05, 0.1) is 12.6 Å². The summed E-state index contributed by atoms with van der Waals surface area (Å²) in [5, 5.41) is 16.1. The summed E-state index contributed by atoms with van der Waals surface area (Å²) in [5.41, 5.74) is 2.04. The Balaban J connectivity index is 1.77. The van der Waals surface area contributed by atoms with E-state index in [1.54, 1.807) is 12.3 Å². The lowest BCUT2D eigenvalue weighted by Crippen LogP contribution is -2.28. The molecule has 0 spiro atoms. The summed E-state index contributed by atoms with van der Waals surface area (Å²) in [6.07, 6.45) is 1.59. The minimum absolute atomic E-state index is 0.235. The zero-order chi connectivity index (χ0) is 18.6. The molecule has 3 aromatic carbocycles. The fourth-order valence-corrected chi connectivity index (χ4v) is 3.36. The van der Waals surface area contributed by atoms with Crippen LogP contribution in [0.3, 0.4) is 0 Å². The van der Waals surface area contributed by atoms with Gasteiger partial charge in [0, 0.05) is 11.8 Å². The second-order valence-corrected chi connectivity index (χ2v) is 6.36. The number of aromatic nitrogens is 2. The fraction of sp³-hybridized carbons (Fsp3) is 0.0870. The van der Waals surface area contributed by atoms with Crippen LogP contribution >= 0.6 is 0 Å². The number of hydrogen-bond donors (Lipinski definition) is 0. The summed E-state index contributed by atoms with van der Waals surface area (Å²) in [4.78, 5) is 13.0. The summed E-state index contributed by atoms with van der Waals surface area (Å²) < 4.78 is 1.43. The van der Waals surface area contributed by atoms with Gasteiger partial charge in [0.15, 0.2) is 0 Å². The highest BCUT2D eigenvalue weighted by atomic mass is 16.1. The molecule has 4 nitrogen and oxygen atoms in total. The predicted molar refractivity (Wildman–Crippen MR) is 105 cm³/mol. The molecule has 27 heavy (non-hydrogen) atoms. The minimum Gasteiger partial charge on any atom is -0.267 e. The molecule has 0 bridgehead atoms. The molecule has 0 aliphatic carbocycles. The Hall–Kier alpha value is -3.71. The SMILES string of the molecule is N#CC(c1ccccc1)c1ccnn(Cc2cccc3ccccc23)c1=O. The minimum atomic E-state index is -0.611. The zero-order valence-corrected chi connectivity index (χ0v) is 14.6. The van der Waals surface area contributed by atoms with Crippen molar-refractivity contribution in [3.8, 4) is 6.07 Å². The van der Waals surface area contributed by atoms with Gasteiger partial charge in [0.1, 0.15) is 5.92 Å². The van der Waals surface area contributed by atoms with Crippen LogP contribution in [0.2, 0.25) is 0 Å². The first-order valence-corrected chi connectivity index (χ1v) is 8.75. The topological polar surface area (TPSA) is 58.7 Å². The van der Waals surface area contributed by atoms with Crippen molar-refractivity contribution in [1.82, 2.24) is 9.78 Å². The molecule has 0 fully saturated rings. The average Bonchev–Trinajstić information content (AvgIpc) is 2.72. The molecule has 4 aromatic rings. The van der Waals surface area contributed by atoms with Gasteiger partial charge < -0.3 is 0 Å². The monoisotopic (exact) mass is 351 g/mol. The third-order valence-corrected chi connectivity index (χ3v) is 4.71. The largest absolute Gasteiger partial charge is 0.271 e. The molecule has 130 valence electrons. The van der Waals surface area contributed by atoms with E-state index in [0.717, 1.165) is 21.9 Å². The number of hydrogen-bond acceptors (Lipinski definition) is 3. The van der Waals surface area contributed by atoms with E-state index in [1.807, 2.05) is 72.8 Å². The van der Waals surface area contributed by atoms with Crippen LogP contribution in [0.25, 0.3) is 10.8 Å². The van der Waals surface area contributed by atoms with Crippen molar-refractivity contribution < 1.29 is 0 Å². The van der Waals surface area contributed by atoms with E-state index in [1.165, 1.54) is 4.68 Å². The van der Waals surface area contributed by atoms with E-state index in [2.05, 4.69) is 11.2 Å². The molecule has 1 aromatic heterocycles. The summed E-state index contributed by atoms with van der Waals surface area (Å²) in [7, 11) is 0. The van der Waals surface area contributed by atoms with Gasteiger partial charge >= 0.3 is 0 Å². The molecular formula is C23H17N3O. The van der Waals surface area contributed by atoms with Crippen molar-refractivity contribution in [1.29, 1.82) is 5.26 Å². The highest BCUT2D eigenvalue weighted by Crippen LogP contribution is 2.22. The molecule has 1 heterocycles. The van der Waals surface area contributed by atoms with Gasteiger partial charge in [0.25, 0.3) is 5.56 Å². The maximum atomic E-state index is 13.0. The van der Waals surface area contributed by atoms with Gasteiger partial charge in [0.2, 0.25) is 0 Å². The standard InChI is InChI=1S/C23H17N3O/c24-15-22(18-7-2-1-3-8-18)21-13-14-25-26(23(21)27)16-19-11-6-10-17-9-4-5-12-20(17)19/h1-14,22H,16H2. The number of fused-ring (bicyclic) bond motifs is 1. The highest BCUT2D eigenvalue weighted by molar-refractivity contribution is 5.85. The van der Waals surface area contributed by atoms with Crippen LogP contribution in [-0.4, -0.2) is 9.78 Å². The maximum Gasteiger partial charge on any atom is 0.271 e. The van der Waals surface area contributed by atoms with Gasteiger partial charge in [-0.05, 0) is 28.0 Å². The predicted octanol–water partition coefficient (Wildman–Crippen LogP) is 4.10. The van der Waals surface area contributed by atoms with E-state index in [4.69, 9.17) is 0 Å². The van der Waals surface area contributed by atoms with Crippen molar-refractivity contribution in [2.75, 3.05) is 0 Å². The molecule has 1 unspecified atom stereocenters. The number of benzene rings is 3. The van der Waals surface area contributed by atoms with E-state index < -0.39 is 5.92 Å². The quantitative estimate of drug-likeness (QED) is 0.556. The van der Waals surface area contributed by atoms with Gasteiger partial charge in [-0.25, -0.2) is 4.68 Å². The molecule has 0 amide bonds. The molecule has 1 atom stereocenters. The molecule has 0 aliphatic heterocycles. The Bertz CT molecular complexity index is 1180. The smallest absolute Gasteiger partial charge is 0.267 e. The molecule has 0 aliphatic rings. The summed E-state index contributed by atoms with van der Waals surface area (Å²) in [6.45, 7) is 0.362. The van der Waals surface area contributed by atoms with E-state index >= 15 is 0 Å². The third kappa shape index (κ3) is 3.23. The van der Waals surface area contributed by atoms with Gasteiger partial charge in [-0.3, -0.25) is 4.79 Å². The molecule has 0 saturated carbocycles. The second-order valence-electron chi connectivity index (χ2n) is 6.36. The van der Waals surface area contributed by atoms with Crippen LogP contribution < -0.4 is 5.56 Å². The lowest BCUT2D eigenvalue weighted by molar-refractivity contribution is 0.630. The van der Waals surface area contributed by atoms with E-state index in [9.17, 15) is 10.1 Å². The lowest BCUT2D eigenvalue weighted by Gasteiger charge is -2.12. The molecular weight excluding hydrogens is 334 g/mol. The summed E-state index contributed by atoms with van der Waals surface area (Å²) >= 11 is 0. The van der Waals surface area contributed by atoms with Crippen molar-refractivity contribution in [2.24, 2.45) is 0 Å². The summed E-state index contributed by atoms with van der Waals surface area (Å²) in [6, 6.07) is 27.4. The maximum absolute atomic E-state index is 13.0. The zero-order valence-electron chi connectivity index (χ0n) is 14.6. The fourth-order valence-electron chi connectivity index (χ4n) is 3.36. The molecule has 4 heteroatoms. The lowest BCUT2D eigenvalue weighted by atomic mass is 9.94. The van der Waals surface area contributed by atoms with Crippen LogP contribution in [0.4, 0.5) is 0 Å². The Labute approximate surface area is 156 Å². The van der Waals surface area contributed by atoms with Crippen LogP contribution in [0.5, 0.6) is 0 Å². The first-order chi connectivity index (χ1) is 13.3. The van der Waals surface area contributed by atoms with Crippen LogP contribution in [0, 0.1) is 11.3 Å². The first kappa shape index (κ1) is 16.7. The number of rotatable bonds is 4. The van der Waals surface area contributed by atoms with Crippen LogP contribution in [0.1, 0.15) is 22.6 Å². The van der Waals surface area contributed by atoms with Gasteiger partial charge in [-0.2, -0.15) is 10.4 Å². The van der Waals surface area contributed by atoms with Gasteiger partial charge in [-0.1, -0.05) is 72.8 Å². The average molecular weight is 351 g/mol. The van der Waals surface area contributed by atoms with Crippen molar-refractivity contribution in [2.45, 2.75) is 12.5 Å². The van der Waals surface area contributed by atoms with Crippen LogP contribution in [-0.2, 0) is 6.54 Å². The summed E-state index contributed by atoms with van der Waals surface area (Å²) in [5.74, 6) is -0.611.